The number of para-hydroxylation sites is 1. The number of allylic oxidation sites excluding steroid dienone is 3. The monoisotopic (exact) mass is 695 g/mol. The van der Waals surface area contributed by atoms with Crippen molar-refractivity contribution >= 4 is 51.1 Å². The fourth-order valence-corrected chi connectivity index (χ4v) is 9.64. The van der Waals surface area contributed by atoms with Crippen LogP contribution in [0.4, 0.5) is 11.5 Å². The Morgan fingerprint density at radius 2 is 1.75 bits per heavy atom. The molecule has 0 unspecified atom stereocenters. The van der Waals surface area contributed by atoms with Crippen molar-refractivity contribution in [3.05, 3.63) is 117 Å². The van der Waals surface area contributed by atoms with Gasteiger partial charge in [0.25, 0.3) is 11.8 Å². The fraction of sp³-hybridized carbons (Fsp3) is 0.310. The van der Waals surface area contributed by atoms with Crippen LogP contribution in [0.3, 0.4) is 0 Å². The average Bonchev–Trinajstić information content (AvgIpc) is 3.67. The summed E-state index contributed by atoms with van der Waals surface area (Å²) >= 11 is 1.83. The summed E-state index contributed by atoms with van der Waals surface area (Å²) < 4.78 is 5.58. The number of benzene rings is 2. The number of aryl methyl sites for hydroxylation is 1. The van der Waals surface area contributed by atoms with Crippen molar-refractivity contribution in [2.75, 3.05) is 43.1 Å². The van der Waals surface area contributed by atoms with Gasteiger partial charge >= 0.3 is 0 Å². The zero-order chi connectivity index (χ0) is 34.7. The highest BCUT2D eigenvalue weighted by Crippen LogP contribution is 2.46. The molecule has 9 heteroatoms. The second kappa shape index (κ2) is 12.7. The molecule has 0 bridgehead atoms. The lowest BCUT2D eigenvalue weighted by Gasteiger charge is -2.53. The molecule has 2 amide bonds. The summed E-state index contributed by atoms with van der Waals surface area (Å²) in [4.78, 5) is 42.8. The molecule has 3 aromatic heterocycles. The lowest BCUT2D eigenvalue weighted by molar-refractivity contribution is -0.000510. The molecule has 1 aliphatic carbocycles. The number of aromatic amines is 1. The third-order valence-electron chi connectivity index (χ3n) is 11.1. The van der Waals surface area contributed by atoms with Crippen LogP contribution in [0.5, 0.6) is 0 Å². The van der Waals surface area contributed by atoms with Gasteiger partial charge in [-0.15, -0.1) is 11.3 Å². The second-order valence-electron chi connectivity index (χ2n) is 14.5. The van der Waals surface area contributed by atoms with Crippen molar-refractivity contribution in [2.24, 2.45) is 5.41 Å². The third-order valence-corrected chi connectivity index (χ3v) is 12.5. The lowest BCUT2D eigenvalue weighted by Crippen LogP contribution is -2.59. The number of anilines is 2. The summed E-state index contributed by atoms with van der Waals surface area (Å²) in [7, 11) is 0. The zero-order valence-corrected chi connectivity index (χ0v) is 29.9. The van der Waals surface area contributed by atoms with Gasteiger partial charge in [0.1, 0.15) is 5.82 Å². The van der Waals surface area contributed by atoms with Crippen molar-refractivity contribution in [3.8, 4) is 10.6 Å². The van der Waals surface area contributed by atoms with E-state index in [2.05, 4.69) is 69.6 Å². The first-order valence-corrected chi connectivity index (χ1v) is 18.8. The van der Waals surface area contributed by atoms with E-state index in [4.69, 9.17) is 4.74 Å². The first kappa shape index (κ1) is 32.0. The maximum absolute atomic E-state index is 14.2. The van der Waals surface area contributed by atoms with E-state index in [9.17, 15) is 9.59 Å². The number of pyridine rings is 1. The van der Waals surface area contributed by atoms with E-state index in [1.807, 2.05) is 59.7 Å². The normalized spacial score (nSPS) is 18.0. The Hall–Kier alpha value is -4.99. The van der Waals surface area contributed by atoms with Crippen LogP contribution in [0.15, 0.2) is 84.7 Å². The topological polar surface area (TPSA) is 90.6 Å². The number of nitrogens with one attached hydrogen (secondary N) is 2. The van der Waals surface area contributed by atoms with Gasteiger partial charge < -0.3 is 24.8 Å². The van der Waals surface area contributed by atoms with Crippen LogP contribution >= 0.6 is 11.3 Å². The molecule has 51 heavy (non-hydrogen) atoms. The number of rotatable bonds is 5. The maximum atomic E-state index is 14.2. The average molecular weight is 696 g/mol. The van der Waals surface area contributed by atoms with E-state index in [0.717, 1.165) is 92.3 Å². The maximum Gasteiger partial charge on any atom is 0.259 e. The predicted octanol–water partition coefficient (Wildman–Crippen LogP) is 8.54. The molecule has 2 fully saturated rings. The van der Waals surface area contributed by atoms with Crippen molar-refractivity contribution in [1.82, 2.24) is 14.9 Å². The molecule has 9 rings (SSSR count). The number of carbonyl (C=O) groups excluding carboxylic acids is 2. The van der Waals surface area contributed by atoms with Crippen molar-refractivity contribution in [3.63, 3.8) is 0 Å². The largest absolute Gasteiger partial charge is 0.381 e. The number of hydrogen-bond donors (Lipinski definition) is 2. The minimum absolute atomic E-state index is 0.0273. The van der Waals surface area contributed by atoms with Gasteiger partial charge in [-0.25, -0.2) is 4.98 Å². The molecule has 8 nitrogen and oxygen atoms in total. The molecule has 2 N–H and O–H groups in total. The minimum atomic E-state index is -0.198. The second-order valence-corrected chi connectivity index (χ2v) is 15.5. The summed E-state index contributed by atoms with van der Waals surface area (Å²) in [5.41, 5.74) is 10.1. The van der Waals surface area contributed by atoms with Gasteiger partial charge in [-0.05, 0) is 105 Å². The quantitative estimate of drug-likeness (QED) is 0.192. The van der Waals surface area contributed by atoms with E-state index in [-0.39, 0.29) is 17.2 Å². The van der Waals surface area contributed by atoms with Crippen LogP contribution in [0.2, 0.25) is 0 Å². The number of thiophene rings is 1. The van der Waals surface area contributed by atoms with Gasteiger partial charge in [0, 0.05) is 82.8 Å². The van der Waals surface area contributed by atoms with Gasteiger partial charge in [-0.3, -0.25) is 9.59 Å². The summed E-state index contributed by atoms with van der Waals surface area (Å²) in [5, 5.41) is 4.28. The van der Waals surface area contributed by atoms with E-state index < -0.39 is 0 Å². The van der Waals surface area contributed by atoms with Gasteiger partial charge in [0.15, 0.2) is 0 Å². The molecule has 6 heterocycles. The van der Waals surface area contributed by atoms with Gasteiger partial charge in [0.05, 0.1) is 16.1 Å². The lowest BCUT2D eigenvalue weighted by atomic mass is 9.73. The Balaban J connectivity index is 0.924. The van der Waals surface area contributed by atoms with E-state index >= 15 is 0 Å². The van der Waals surface area contributed by atoms with Gasteiger partial charge in [0.2, 0.25) is 0 Å². The molecule has 4 aliphatic rings. The van der Waals surface area contributed by atoms with Crippen LogP contribution in [0.1, 0.15) is 68.0 Å². The molecule has 5 aromatic rings. The Morgan fingerprint density at radius 1 is 0.961 bits per heavy atom. The SMILES string of the molecule is Cc1cnc(N2CC3(CCOCC3)C2)c(C(=O)Nc2ccc(C(=O)N3CCc4c(sc(-c5cc6ccccc6[nH]5)c4C)C4=CCCC=C43)cc2)c1. The van der Waals surface area contributed by atoms with E-state index in [1.54, 1.807) is 0 Å². The molecule has 2 aromatic carbocycles. The van der Waals surface area contributed by atoms with Crippen LogP contribution < -0.4 is 10.2 Å². The number of carbonyl (C=O) groups is 2. The highest BCUT2D eigenvalue weighted by molar-refractivity contribution is 7.17. The molecular formula is C42H41N5O3S. The Labute approximate surface area is 301 Å². The highest BCUT2D eigenvalue weighted by Gasteiger charge is 2.45. The number of amides is 2. The van der Waals surface area contributed by atoms with E-state index in [0.29, 0.717) is 23.4 Å². The number of aromatic nitrogens is 2. The Kier molecular flexibility index (Phi) is 7.93. The van der Waals surface area contributed by atoms with Crippen LogP contribution in [0, 0.1) is 19.3 Å². The minimum Gasteiger partial charge on any atom is -0.381 e. The number of H-pyrrole nitrogens is 1. The molecule has 0 atom stereocenters. The first-order chi connectivity index (χ1) is 24.9. The smallest absolute Gasteiger partial charge is 0.259 e. The molecule has 0 saturated carbocycles. The van der Waals surface area contributed by atoms with Crippen molar-refractivity contribution in [2.45, 2.75) is 46.0 Å². The standard InChI is InChI=1S/C42H41N5O3S/c1-26-21-33(39(43-23-26)46-24-42(25-46)16-19-50-20-17-42)40(48)44-30-13-11-28(12-14-30)41(49)47-18-15-31-27(2)37(35-22-29-7-3-5-9-34(29)45-35)51-38(31)32-8-4-6-10-36(32)47/h3,5,7-14,21-23,45H,4,6,15-20,24-25H2,1-2H3,(H,44,48). The third kappa shape index (κ3) is 5.69. The van der Waals surface area contributed by atoms with Crippen molar-refractivity contribution < 1.29 is 14.3 Å². The predicted molar refractivity (Wildman–Crippen MR) is 204 cm³/mol. The molecule has 3 aliphatic heterocycles. The highest BCUT2D eigenvalue weighted by atomic mass is 32.1. The van der Waals surface area contributed by atoms with Gasteiger partial charge in [-0.2, -0.15) is 0 Å². The Morgan fingerprint density at radius 3 is 2.55 bits per heavy atom. The summed E-state index contributed by atoms with van der Waals surface area (Å²) in [5.74, 6) is 0.502. The molecule has 0 radical (unpaired) electrons. The summed E-state index contributed by atoms with van der Waals surface area (Å²) in [6.45, 7) is 8.17. The summed E-state index contributed by atoms with van der Waals surface area (Å²) in [6, 6.07) is 19.9. The first-order valence-electron chi connectivity index (χ1n) is 18.0. The number of ether oxygens (including phenoxy) is 1. The van der Waals surface area contributed by atoms with Crippen LogP contribution in [-0.2, 0) is 11.2 Å². The Bertz CT molecular complexity index is 2210. The zero-order valence-electron chi connectivity index (χ0n) is 29.1. The van der Waals surface area contributed by atoms with Crippen LogP contribution in [-0.4, -0.2) is 59.5 Å². The van der Waals surface area contributed by atoms with Crippen LogP contribution in [0.25, 0.3) is 27.0 Å². The molecule has 258 valence electrons. The number of fused-ring (bicyclic) bond motifs is 4. The van der Waals surface area contributed by atoms with E-state index in [1.165, 1.54) is 26.3 Å². The fourth-order valence-electron chi connectivity index (χ4n) is 8.27. The molecule has 1 spiro atoms. The molecular weight excluding hydrogens is 655 g/mol. The summed E-state index contributed by atoms with van der Waals surface area (Å²) in [6.07, 6.45) is 11.1. The van der Waals surface area contributed by atoms with Gasteiger partial charge in [-0.1, -0.05) is 30.4 Å². The number of hydrogen-bond acceptors (Lipinski definition) is 6. The molecule has 2 saturated heterocycles. The van der Waals surface area contributed by atoms with Crippen molar-refractivity contribution in [1.29, 1.82) is 0 Å². The number of nitrogens with zero attached hydrogens (tertiary/aromatic N) is 3.